The highest BCUT2D eigenvalue weighted by atomic mass is 32.4. The Balaban J connectivity index is 2.00. The first kappa shape index (κ1) is 18.5. The van der Waals surface area contributed by atoms with Crippen LogP contribution in [0.1, 0.15) is 103 Å². The lowest BCUT2D eigenvalue weighted by molar-refractivity contribution is 0.486. The van der Waals surface area contributed by atoms with Crippen LogP contribution in [0.25, 0.3) is 0 Å². The molecule has 0 amide bonds. The van der Waals surface area contributed by atoms with Gasteiger partial charge in [-0.2, -0.15) is 0 Å². The molecule has 0 nitrogen and oxygen atoms in total. The van der Waals surface area contributed by atoms with Crippen LogP contribution in [0.4, 0.5) is 0 Å². The number of hydrogen-bond acceptors (Lipinski definition) is 1. The monoisotopic (exact) mass is 338 g/mol. The van der Waals surface area contributed by atoms with Crippen LogP contribution < -0.4 is 0 Å². The van der Waals surface area contributed by atoms with E-state index < -0.39 is 6.04 Å². The molecule has 2 aliphatic carbocycles. The largest absolute Gasteiger partial charge is 0.0978 e. The third kappa shape index (κ3) is 5.39. The van der Waals surface area contributed by atoms with Crippen molar-refractivity contribution in [1.29, 1.82) is 0 Å². The fourth-order valence-electron chi connectivity index (χ4n) is 4.23. The molecule has 2 aliphatic rings. The molecule has 0 saturated heterocycles. The van der Waals surface area contributed by atoms with Gasteiger partial charge in [0.15, 0.2) is 0 Å². The second kappa shape index (κ2) is 10.2. The Morgan fingerprint density at radius 1 is 0.818 bits per heavy atom. The second-order valence-electron chi connectivity index (χ2n) is 7.39. The maximum atomic E-state index is 6.38. The van der Waals surface area contributed by atoms with E-state index in [1.807, 2.05) is 0 Å². The Bertz CT molecular complexity index is 383. The molecule has 2 heteroatoms. The first-order valence-electron chi connectivity index (χ1n) is 9.87. The average molecular weight is 339 g/mol. The molecule has 2 fully saturated rings. The van der Waals surface area contributed by atoms with E-state index in [4.69, 9.17) is 11.8 Å². The van der Waals surface area contributed by atoms with Crippen molar-refractivity contribution in [2.24, 2.45) is 0 Å². The highest BCUT2D eigenvalue weighted by Crippen LogP contribution is 2.62. The molecule has 0 aromatic carbocycles. The van der Waals surface area contributed by atoms with Crippen molar-refractivity contribution in [3.63, 3.8) is 0 Å². The van der Waals surface area contributed by atoms with Gasteiger partial charge in [0.05, 0.1) is 0 Å². The number of rotatable bonds is 6. The van der Waals surface area contributed by atoms with E-state index in [-0.39, 0.29) is 0 Å². The van der Waals surface area contributed by atoms with Gasteiger partial charge >= 0.3 is 0 Å². The van der Waals surface area contributed by atoms with E-state index >= 15 is 0 Å². The van der Waals surface area contributed by atoms with Crippen molar-refractivity contribution in [1.82, 2.24) is 0 Å². The van der Waals surface area contributed by atoms with Crippen molar-refractivity contribution < 1.29 is 0 Å². The van der Waals surface area contributed by atoms with E-state index in [9.17, 15) is 0 Å². The lowest BCUT2D eigenvalue weighted by atomic mass is 9.99. The Morgan fingerprint density at radius 3 is 1.86 bits per heavy atom. The Morgan fingerprint density at radius 2 is 1.36 bits per heavy atom. The smallest absolute Gasteiger partial charge is 0.0295 e. The van der Waals surface area contributed by atoms with E-state index in [0.717, 1.165) is 17.7 Å². The summed E-state index contributed by atoms with van der Waals surface area (Å²) in [6.07, 6.45) is 20.5. The van der Waals surface area contributed by atoms with Crippen LogP contribution in [0, 0.1) is 11.6 Å². The molecular formula is C20H35PS. The molecule has 22 heavy (non-hydrogen) atoms. The fourth-order valence-corrected chi connectivity index (χ4v) is 9.27. The summed E-state index contributed by atoms with van der Waals surface area (Å²) >= 11 is 6.38. The summed E-state index contributed by atoms with van der Waals surface area (Å²) in [6.45, 7) is 2.28. The summed E-state index contributed by atoms with van der Waals surface area (Å²) in [6, 6.07) is -1.45. The highest BCUT2D eigenvalue weighted by Gasteiger charge is 2.35. The van der Waals surface area contributed by atoms with Crippen LogP contribution in [0.3, 0.4) is 0 Å². The van der Waals surface area contributed by atoms with E-state index in [2.05, 4.69) is 18.5 Å². The van der Waals surface area contributed by atoms with Crippen LogP contribution in [0.2, 0.25) is 0 Å². The number of unbranched alkanes of at least 4 members (excludes halogenated alkanes) is 4. The third-order valence-electron chi connectivity index (χ3n) is 5.64. The first-order valence-corrected chi connectivity index (χ1v) is 12.8. The molecule has 2 saturated carbocycles. The van der Waals surface area contributed by atoms with E-state index in [1.165, 1.54) is 89.9 Å². The normalized spacial score (nSPS) is 21.3. The lowest BCUT2D eigenvalue weighted by Crippen LogP contribution is -2.22. The Labute approximate surface area is 144 Å². The summed E-state index contributed by atoms with van der Waals surface area (Å²) in [5.74, 6) is 3.57. The summed E-state index contributed by atoms with van der Waals surface area (Å²) in [4.78, 5) is 0. The molecule has 0 N–H and O–H groups in total. The molecular weight excluding hydrogens is 303 g/mol. The Kier molecular flexibility index (Phi) is 8.56. The molecule has 0 aromatic heterocycles. The summed E-state index contributed by atoms with van der Waals surface area (Å²) in [5, 5.41) is 0. The quantitative estimate of drug-likeness (QED) is 0.284. The van der Waals surface area contributed by atoms with Crippen molar-refractivity contribution >= 4 is 17.8 Å². The van der Waals surface area contributed by atoms with Gasteiger partial charge in [-0.3, -0.25) is 0 Å². The minimum absolute atomic E-state index is 0.808. The molecule has 2 rings (SSSR count). The maximum absolute atomic E-state index is 6.38. The summed E-state index contributed by atoms with van der Waals surface area (Å²) < 4.78 is 0. The molecule has 0 heterocycles. The lowest BCUT2D eigenvalue weighted by Gasteiger charge is -2.38. The summed E-state index contributed by atoms with van der Waals surface area (Å²) in [5.41, 5.74) is 5.40. The van der Waals surface area contributed by atoms with Gasteiger partial charge in [0, 0.05) is 12.5 Å². The minimum Gasteiger partial charge on any atom is -0.0978 e. The van der Waals surface area contributed by atoms with Crippen molar-refractivity contribution in [2.75, 3.05) is 0 Å². The fraction of sp³-hybridized carbons (Fsp3) is 0.900. The van der Waals surface area contributed by atoms with Crippen LogP contribution in [0.15, 0.2) is 0 Å². The van der Waals surface area contributed by atoms with Crippen molar-refractivity contribution in [2.45, 2.75) is 115 Å². The van der Waals surface area contributed by atoms with Crippen molar-refractivity contribution in [3.05, 3.63) is 0 Å². The molecule has 0 aliphatic heterocycles. The SMILES string of the molecule is CCCCCCC#CP(=S)(C1CCCCC1)C1CCCCC1. The molecule has 126 valence electrons. The van der Waals surface area contributed by atoms with Crippen LogP contribution in [0.5, 0.6) is 0 Å². The standard InChI is InChI=1S/C20H35PS/c1-2-3-4-5-6-13-18-21(22,19-14-9-7-10-15-19)20-16-11-8-12-17-20/h19-20H,2-12,14-17H2,1H3. The highest BCUT2D eigenvalue weighted by molar-refractivity contribution is 8.17. The molecule has 0 spiro atoms. The van der Waals surface area contributed by atoms with E-state index in [0.29, 0.717) is 0 Å². The molecule has 0 aromatic rings. The van der Waals surface area contributed by atoms with Gasteiger partial charge in [-0.15, -0.1) is 0 Å². The molecule has 0 atom stereocenters. The van der Waals surface area contributed by atoms with Gasteiger partial charge in [-0.25, -0.2) is 0 Å². The Hall–Kier alpha value is 0.210. The number of hydrogen-bond donors (Lipinski definition) is 0. The maximum Gasteiger partial charge on any atom is 0.0295 e. The zero-order valence-corrected chi connectivity index (χ0v) is 16.3. The van der Waals surface area contributed by atoms with Crippen molar-refractivity contribution in [3.8, 4) is 11.6 Å². The summed E-state index contributed by atoms with van der Waals surface area (Å²) in [7, 11) is 0. The second-order valence-corrected chi connectivity index (χ2v) is 12.3. The molecule has 0 bridgehead atoms. The van der Waals surface area contributed by atoms with Crippen LogP contribution >= 0.6 is 6.04 Å². The van der Waals surface area contributed by atoms with Gasteiger partial charge in [-0.1, -0.05) is 88.1 Å². The predicted octanol–water partition coefficient (Wildman–Crippen LogP) is 7.06. The van der Waals surface area contributed by atoms with Gasteiger partial charge in [-0.05, 0) is 43.4 Å². The molecule has 0 unspecified atom stereocenters. The van der Waals surface area contributed by atoms with Crippen LogP contribution in [-0.2, 0) is 11.8 Å². The first-order chi connectivity index (χ1) is 10.8. The topological polar surface area (TPSA) is 0 Å². The molecule has 0 radical (unpaired) electrons. The van der Waals surface area contributed by atoms with E-state index in [1.54, 1.807) is 0 Å². The van der Waals surface area contributed by atoms with Gasteiger partial charge < -0.3 is 0 Å². The zero-order chi connectivity index (χ0) is 15.7. The van der Waals surface area contributed by atoms with Gasteiger partial charge in [0.2, 0.25) is 0 Å². The van der Waals surface area contributed by atoms with Crippen LogP contribution in [-0.4, -0.2) is 11.3 Å². The average Bonchev–Trinajstić information content (AvgIpc) is 2.59. The van der Waals surface area contributed by atoms with Gasteiger partial charge in [0.25, 0.3) is 0 Å². The zero-order valence-electron chi connectivity index (χ0n) is 14.6. The van der Waals surface area contributed by atoms with Gasteiger partial charge in [0.1, 0.15) is 0 Å². The third-order valence-corrected chi connectivity index (χ3v) is 11.4. The minimum atomic E-state index is -1.45. The predicted molar refractivity (Wildman–Crippen MR) is 105 cm³/mol.